The van der Waals surface area contributed by atoms with Crippen molar-refractivity contribution in [1.82, 2.24) is 19.8 Å². The third-order valence-corrected chi connectivity index (χ3v) is 7.66. The number of nitrogens with zero attached hydrogens (tertiary/aromatic N) is 5. The smallest absolute Gasteiger partial charge is 0.407 e. The van der Waals surface area contributed by atoms with Crippen LogP contribution in [0.1, 0.15) is 41.6 Å². The molecule has 2 amide bonds. The predicted octanol–water partition coefficient (Wildman–Crippen LogP) is 4.99. The van der Waals surface area contributed by atoms with E-state index in [9.17, 15) is 19.8 Å². The number of carbonyl (C=O) groups is 2. The van der Waals surface area contributed by atoms with Crippen LogP contribution < -0.4 is 4.90 Å². The molecule has 2 aromatic carbocycles. The van der Waals surface area contributed by atoms with E-state index in [0.29, 0.717) is 29.2 Å². The van der Waals surface area contributed by atoms with Crippen molar-refractivity contribution in [3.05, 3.63) is 76.2 Å². The normalized spacial score (nSPS) is 12.8. The number of benzene rings is 2. The largest absolute Gasteiger partial charge is 0.465 e. The molecule has 4 rings (SSSR count). The van der Waals surface area contributed by atoms with Crippen molar-refractivity contribution in [3.63, 3.8) is 0 Å². The highest BCUT2D eigenvalue weighted by atomic mass is 32.1. The van der Waals surface area contributed by atoms with E-state index < -0.39 is 18.2 Å². The molecule has 2 heterocycles. The Morgan fingerprint density at radius 1 is 1.10 bits per heavy atom. The fourth-order valence-corrected chi connectivity index (χ4v) is 5.27. The van der Waals surface area contributed by atoms with Crippen LogP contribution in [0.2, 0.25) is 0 Å². The van der Waals surface area contributed by atoms with E-state index >= 15 is 0 Å². The summed E-state index contributed by atoms with van der Waals surface area (Å²) in [5.41, 5.74) is 4.09. The molecule has 0 bridgehead atoms. The maximum absolute atomic E-state index is 13.8. The van der Waals surface area contributed by atoms with Crippen LogP contribution in [0.4, 0.5) is 10.8 Å². The predicted molar refractivity (Wildman–Crippen MR) is 159 cm³/mol. The first-order valence-corrected chi connectivity index (χ1v) is 14.5. The summed E-state index contributed by atoms with van der Waals surface area (Å²) >= 11 is 1.35. The number of hydrogen-bond donors (Lipinski definition) is 2. The maximum atomic E-state index is 13.8. The monoisotopic (exact) mass is 579 g/mol. The summed E-state index contributed by atoms with van der Waals surface area (Å²) in [5, 5.41) is 21.8. The first-order valence-electron chi connectivity index (χ1n) is 13.7. The molecule has 2 N–H and O–H groups in total. The van der Waals surface area contributed by atoms with Gasteiger partial charge in [-0.1, -0.05) is 44.2 Å². The standard InChI is InChI=1S/C30H37N5O5S/c1-5-33(4)29-32-24-12-11-22(14-27(24)40-29)28(37)34(16-20(2)3)18-26(36)25(13-21-9-7-6-8-10-21)35(30(38)39)17-23-15-31-19-41-23/h6-12,14-15,19-20,25-26,36H,5,13,16-18H2,1-4H3,(H,38,39)/t25-,26+/m0/s1. The van der Waals surface area contributed by atoms with Gasteiger partial charge in [-0.25, -0.2) is 4.79 Å². The topological polar surface area (TPSA) is 123 Å². The molecular weight excluding hydrogens is 542 g/mol. The number of amides is 2. The van der Waals surface area contributed by atoms with Gasteiger partial charge in [-0.3, -0.25) is 14.7 Å². The Kier molecular flexibility index (Phi) is 9.95. The molecule has 4 aromatic rings. The van der Waals surface area contributed by atoms with Crippen LogP contribution in [-0.4, -0.2) is 80.8 Å². The molecule has 0 saturated heterocycles. The first-order chi connectivity index (χ1) is 19.7. The summed E-state index contributed by atoms with van der Waals surface area (Å²) in [6.07, 6.45) is -0.386. The van der Waals surface area contributed by atoms with Crippen molar-refractivity contribution < 1.29 is 24.2 Å². The highest BCUT2D eigenvalue weighted by Gasteiger charge is 2.33. The minimum absolute atomic E-state index is 0.0424. The van der Waals surface area contributed by atoms with Crippen LogP contribution in [0, 0.1) is 5.92 Å². The number of thiazole rings is 1. The molecule has 11 heteroatoms. The lowest BCUT2D eigenvalue weighted by Gasteiger charge is -2.36. The van der Waals surface area contributed by atoms with E-state index in [4.69, 9.17) is 4.42 Å². The summed E-state index contributed by atoms with van der Waals surface area (Å²) in [4.78, 5) is 40.3. The second-order valence-electron chi connectivity index (χ2n) is 10.5. The molecule has 0 aliphatic carbocycles. The molecule has 0 saturated carbocycles. The van der Waals surface area contributed by atoms with Gasteiger partial charge < -0.3 is 24.4 Å². The number of carbonyl (C=O) groups excluding carboxylic acids is 1. The molecule has 0 spiro atoms. The summed E-state index contributed by atoms with van der Waals surface area (Å²) in [6.45, 7) is 7.13. The molecule has 0 aliphatic heterocycles. The molecule has 0 fully saturated rings. The summed E-state index contributed by atoms with van der Waals surface area (Å²) in [5.74, 6) is -0.158. The fraction of sp³-hybridized carbons (Fsp3) is 0.400. The zero-order chi connectivity index (χ0) is 29.5. The van der Waals surface area contributed by atoms with Gasteiger partial charge in [0.2, 0.25) is 0 Å². The zero-order valence-electron chi connectivity index (χ0n) is 23.8. The Morgan fingerprint density at radius 3 is 2.49 bits per heavy atom. The Hall–Kier alpha value is -3.96. The highest BCUT2D eigenvalue weighted by molar-refractivity contribution is 7.09. The second kappa shape index (κ2) is 13.6. The number of oxazole rings is 1. The van der Waals surface area contributed by atoms with Crippen molar-refractivity contribution in [1.29, 1.82) is 0 Å². The lowest BCUT2D eigenvalue weighted by molar-refractivity contribution is 0.0200. The Balaban J connectivity index is 1.62. The van der Waals surface area contributed by atoms with Gasteiger partial charge in [-0.05, 0) is 43.0 Å². The van der Waals surface area contributed by atoms with Gasteiger partial charge >= 0.3 is 6.09 Å². The van der Waals surface area contributed by atoms with Crippen LogP contribution in [0.15, 0.2) is 64.7 Å². The van der Waals surface area contributed by atoms with Crippen LogP contribution in [-0.2, 0) is 13.0 Å². The van der Waals surface area contributed by atoms with E-state index in [1.165, 1.54) is 16.2 Å². The third-order valence-electron chi connectivity index (χ3n) is 6.89. The SMILES string of the molecule is CCN(C)c1nc2ccc(C(=O)N(CC(C)C)C[C@@H](O)[C@H](Cc3ccccc3)N(Cc3cncs3)C(=O)O)cc2o1. The molecule has 0 unspecified atom stereocenters. The first kappa shape index (κ1) is 30.0. The molecule has 0 radical (unpaired) electrons. The highest BCUT2D eigenvalue weighted by Crippen LogP contribution is 2.24. The molecule has 2 atom stereocenters. The van der Waals surface area contributed by atoms with E-state index in [1.54, 1.807) is 34.8 Å². The number of rotatable bonds is 13. The number of aliphatic hydroxyl groups is 1. The van der Waals surface area contributed by atoms with Crippen molar-refractivity contribution >= 4 is 40.5 Å². The lowest BCUT2D eigenvalue weighted by atomic mass is 9.98. The van der Waals surface area contributed by atoms with Crippen LogP contribution in [0.3, 0.4) is 0 Å². The number of anilines is 1. The van der Waals surface area contributed by atoms with E-state index in [0.717, 1.165) is 17.0 Å². The number of carboxylic acid groups (broad SMARTS) is 1. The van der Waals surface area contributed by atoms with Crippen LogP contribution >= 0.6 is 11.3 Å². The molecule has 2 aromatic heterocycles. The van der Waals surface area contributed by atoms with Crippen molar-refractivity contribution in [3.8, 4) is 0 Å². The van der Waals surface area contributed by atoms with Gasteiger partial charge in [0.1, 0.15) is 5.52 Å². The molecular formula is C30H37N5O5S. The number of aromatic nitrogens is 2. The van der Waals surface area contributed by atoms with E-state index in [2.05, 4.69) is 9.97 Å². The Bertz CT molecular complexity index is 1430. The Labute approximate surface area is 243 Å². The fourth-order valence-electron chi connectivity index (χ4n) is 4.68. The molecule has 41 heavy (non-hydrogen) atoms. The van der Waals surface area contributed by atoms with Crippen LogP contribution in [0.25, 0.3) is 11.1 Å². The van der Waals surface area contributed by atoms with Crippen molar-refractivity contribution in [2.45, 2.75) is 45.9 Å². The lowest BCUT2D eigenvalue weighted by Crippen LogP contribution is -2.52. The van der Waals surface area contributed by atoms with Crippen LogP contribution in [0.5, 0.6) is 0 Å². The average molecular weight is 580 g/mol. The molecule has 10 nitrogen and oxygen atoms in total. The second-order valence-corrected chi connectivity index (χ2v) is 11.5. The molecule has 0 aliphatic rings. The number of aliphatic hydroxyl groups excluding tert-OH is 1. The van der Waals surface area contributed by atoms with Gasteiger partial charge in [-0.15, -0.1) is 11.3 Å². The van der Waals surface area contributed by atoms with Crippen molar-refractivity contribution in [2.24, 2.45) is 5.92 Å². The Morgan fingerprint density at radius 2 is 1.85 bits per heavy atom. The van der Waals surface area contributed by atoms with Gasteiger partial charge in [0.15, 0.2) is 5.58 Å². The minimum Gasteiger partial charge on any atom is -0.465 e. The quantitative estimate of drug-likeness (QED) is 0.227. The maximum Gasteiger partial charge on any atom is 0.407 e. The average Bonchev–Trinajstić information content (AvgIpc) is 3.63. The summed E-state index contributed by atoms with van der Waals surface area (Å²) in [7, 11) is 1.88. The number of fused-ring (bicyclic) bond motifs is 1. The van der Waals surface area contributed by atoms with E-state index in [1.807, 2.05) is 63.1 Å². The van der Waals surface area contributed by atoms with Gasteiger partial charge in [0.05, 0.1) is 24.2 Å². The van der Waals surface area contributed by atoms with Gasteiger partial charge in [0, 0.05) is 43.3 Å². The molecule has 218 valence electrons. The van der Waals surface area contributed by atoms with Gasteiger partial charge in [-0.2, -0.15) is 4.98 Å². The third kappa shape index (κ3) is 7.62. The summed E-state index contributed by atoms with van der Waals surface area (Å²) < 4.78 is 5.88. The zero-order valence-corrected chi connectivity index (χ0v) is 24.6. The minimum atomic E-state index is -1.15. The summed E-state index contributed by atoms with van der Waals surface area (Å²) in [6, 6.07) is 14.3. The van der Waals surface area contributed by atoms with Crippen molar-refractivity contribution in [2.75, 3.05) is 31.6 Å². The van der Waals surface area contributed by atoms with Gasteiger partial charge in [0.25, 0.3) is 11.9 Å². The van der Waals surface area contributed by atoms with E-state index in [-0.39, 0.29) is 31.3 Å². The number of hydrogen-bond acceptors (Lipinski definition) is 8.